The number of ether oxygens (including phenoxy) is 1. The van der Waals surface area contributed by atoms with Crippen molar-refractivity contribution in [2.75, 3.05) is 12.9 Å². The summed E-state index contributed by atoms with van der Waals surface area (Å²) in [4.78, 5) is 3.74. The van der Waals surface area contributed by atoms with E-state index in [2.05, 4.69) is 10.1 Å². The van der Waals surface area contributed by atoms with Crippen molar-refractivity contribution in [1.29, 1.82) is 5.26 Å². The van der Waals surface area contributed by atoms with E-state index >= 15 is 0 Å². The van der Waals surface area contributed by atoms with Gasteiger partial charge < -0.3 is 4.74 Å². The number of nitriles is 1. The van der Waals surface area contributed by atoms with Gasteiger partial charge in [0.25, 0.3) is 0 Å². The summed E-state index contributed by atoms with van der Waals surface area (Å²) in [5.74, 6) is -0.518. The van der Waals surface area contributed by atoms with Gasteiger partial charge in [0.2, 0.25) is 5.88 Å². The van der Waals surface area contributed by atoms with Crippen LogP contribution in [0.1, 0.15) is 25.1 Å². The topological polar surface area (TPSA) is 97.9 Å². The van der Waals surface area contributed by atoms with Crippen molar-refractivity contribution < 1.29 is 26.3 Å². The molecule has 0 saturated carbocycles. The highest BCUT2D eigenvalue weighted by Gasteiger charge is 2.40. The second-order valence-electron chi connectivity index (χ2n) is 5.88. The molecule has 0 bridgehead atoms. The quantitative estimate of drug-likeness (QED) is 0.781. The number of nitrogens with zero attached hydrogens (tertiary/aromatic N) is 4. The van der Waals surface area contributed by atoms with Gasteiger partial charge in [-0.15, -0.1) is 0 Å². The normalized spacial score (nSPS) is 12.2. The number of sulfone groups is 1. The predicted molar refractivity (Wildman–Crippen MR) is 84.5 cm³/mol. The third-order valence-electron chi connectivity index (χ3n) is 3.14. The Morgan fingerprint density at radius 1 is 1.35 bits per heavy atom. The highest BCUT2D eigenvalue weighted by atomic mass is 32.2. The van der Waals surface area contributed by atoms with Gasteiger partial charge in [0.05, 0.1) is 11.5 Å². The smallest absolute Gasteiger partial charge is 0.436 e. The summed E-state index contributed by atoms with van der Waals surface area (Å²) < 4.78 is 68.6. The van der Waals surface area contributed by atoms with Crippen molar-refractivity contribution in [2.45, 2.75) is 24.9 Å². The lowest BCUT2D eigenvalue weighted by Crippen LogP contribution is -2.10. The maximum Gasteiger partial charge on any atom is 0.436 e. The zero-order valence-corrected chi connectivity index (χ0v) is 14.9. The first-order chi connectivity index (χ1) is 11.9. The molecule has 0 aliphatic rings. The van der Waals surface area contributed by atoms with Crippen LogP contribution in [-0.4, -0.2) is 36.0 Å². The third-order valence-corrected chi connectivity index (χ3v) is 4.24. The van der Waals surface area contributed by atoms with Gasteiger partial charge in [-0.1, -0.05) is 13.8 Å². The van der Waals surface area contributed by atoms with Crippen LogP contribution in [-0.2, 0) is 16.0 Å². The van der Waals surface area contributed by atoms with Gasteiger partial charge in [-0.05, 0) is 18.1 Å². The number of halogens is 3. The number of pyridine rings is 1. The highest BCUT2D eigenvalue weighted by molar-refractivity contribution is 7.90. The molecule has 0 N–H and O–H groups in total. The van der Waals surface area contributed by atoms with E-state index in [1.54, 1.807) is 13.8 Å². The van der Waals surface area contributed by atoms with Crippen LogP contribution in [0.25, 0.3) is 5.82 Å². The van der Waals surface area contributed by atoms with Crippen molar-refractivity contribution in [1.82, 2.24) is 14.8 Å². The average Bonchev–Trinajstić information content (AvgIpc) is 2.90. The predicted octanol–water partition coefficient (Wildman–Crippen LogP) is 2.60. The maximum absolute atomic E-state index is 13.2. The molecule has 11 heteroatoms. The Hall–Kier alpha value is -2.61. The van der Waals surface area contributed by atoms with Gasteiger partial charge in [0.1, 0.15) is 11.6 Å². The molecule has 0 spiro atoms. The van der Waals surface area contributed by atoms with Gasteiger partial charge in [-0.2, -0.15) is 28.2 Å². The fourth-order valence-electron chi connectivity index (χ4n) is 1.95. The molecule has 2 heterocycles. The second-order valence-corrected chi connectivity index (χ2v) is 7.89. The van der Waals surface area contributed by atoms with Gasteiger partial charge in [-0.3, -0.25) is 0 Å². The number of hydrogen-bond acceptors (Lipinski definition) is 6. The summed E-state index contributed by atoms with van der Waals surface area (Å²) in [7, 11) is -3.52. The van der Waals surface area contributed by atoms with Gasteiger partial charge >= 0.3 is 6.18 Å². The first-order valence-corrected chi connectivity index (χ1v) is 9.24. The Labute approximate surface area is 147 Å². The van der Waals surface area contributed by atoms with E-state index < -0.39 is 33.2 Å². The molecular weight excluding hydrogens is 373 g/mol. The van der Waals surface area contributed by atoms with Crippen molar-refractivity contribution in [3.8, 4) is 17.8 Å². The van der Waals surface area contributed by atoms with E-state index in [0.717, 1.165) is 17.1 Å². The summed E-state index contributed by atoms with van der Waals surface area (Å²) in [6, 6.07) is 3.84. The lowest BCUT2D eigenvalue weighted by atomic mass is 10.2. The van der Waals surface area contributed by atoms with Crippen LogP contribution in [0.2, 0.25) is 0 Å². The van der Waals surface area contributed by atoms with Gasteiger partial charge in [-0.25, -0.2) is 13.4 Å². The van der Waals surface area contributed by atoms with E-state index in [9.17, 15) is 21.6 Å². The van der Waals surface area contributed by atoms with Crippen LogP contribution in [0.4, 0.5) is 13.2 Å². The minimum atomic E-state index is -4.86. The molecule has 0 amide bonds. The summed E-state index contributed by atoms with van der Waals surface area (Å²) in [5.41, 5.74) is -2.15. The molecule has 0 aliphatic heterocycles. The minimum Gasteiger partial charge on any atom is -0.476 e. The lowest BCUT2D eigenvalue weighted by molar-refractivity contribution is -0.141. The zero-order chi connectivity index (χ0) is 19.7. The molecule has 26 heavy (non-hydrogen) atoms. The summed E-state index contributed by atoms with van der Waals surface area (Å²) in [6.07, 6.45) is -2.89. The van der Waals surface area contributed by atoms with Gasteiger partial charge in [0.15, 0.2) is 21.3 Å². The highest BCUT2D eigenvalue weighted by Crippen LogP contribution is 2.36. The van der Waals surface area contributed by atoms with Crippen molar-refractivity contribution in [3.05, 3.63) is 29.6 Å². The summed E-state index contributed by atoms with van der Waals surface area (Å²) in [5, 5.41) is 12.6. The first kappa shape index (κ1) is 19.7. The Morgan fingerprint density at radius 3 is 2.42 bits per heavy atom. The first-order valence-electron chi connectivity index (χ1n) is 7.34. The second kappa shape index (κ2) is 6.95. The number of aromatic nitrogens is 3. The molecule has 0 aliphatic carbocycles. The summed E-state index contributed by atoms with van der Waals surface area (Å²) >= 11 is 0. The van der Waals surface area contributed by atoms with E-state index in [0.29, 0.717) is 0 Å². The van der Waals surface area contributed by atoms with Crippen LogP contribution >= 0.6 is 0 Å². The number of hydrogen-bond donors (Lipinski definition) is 0. The van der Waals surface area contributed by atoms with E-state index in [4.69, 9.17) is 10.00 Å². The van der Waals surface area contributed by atoms with E-state index in [1.165, 1.54) is 18.2 Å². The Morgan fingerprint density at radius 2 is 2.00 bits per heavy atom. The Kier molecular flexibility index (Phi) is 5.27. The third kappa shape index (κ3) is 4.13. The van der Waals surface area contributed by atoms with Crippen LogP contribution in [0.15, 0.2) is 23.2 Å². The molecule has 0 saturated heterocycles. The van der Waals surface area contributed by atoms with Crippen LogP contribution < -0.4 is 4.74 Å². The van der Waals surface area contributed by atoms with Crippen LogP contribution in [0.3, 0.4) is 0 Å². The molecule has 2 aromatic heterocycles. The Balaban J connectivity index is 2.63. The summed E-state index contributed by atoms with van der Waals surface area (Å²) in [6.45, 7) is 3.63. The largest absolute Gasteiger partial charge is 0.476 e. The van der Waals surface area contributed by atoms with E-state index in [-0.39, 0.29) is 23.2 Å². The molecule has 0 aromatic carbocycles. The average molecular weight is 388 g/mol. The molecule has 2 aromatic rings. The van der Waals surface area contributed by atoms with Crippen molar-refractivity contribution in [3.63, 3.8) is 0 Å². The molecule has 0 fully saturated rings. The molecule has 0 unspecified atom stereocenters. The molecule has 140 valence electrons. The standard InChI is InChI=1S/C15H15F3N4O3S/c1-9(2)8-25-14-11(6-19)13(15(16,17)18)21-22(14)12-5-4-10(7-20-12)26(3,23)24/h4-5,7,9H,8H2,1-3H3. The molecule has 0 atom stereocenters. The molecule has 0 radical (unpaired) electrons. The van der Waals surface area contributed by atoms with Gasteiger partial charge in [0, 0.05) is 12.5 Å². The maximum atomic E-state index is 13.2. The lowest BCUT2D eigenvalue weighted by Gasteiger charge is -2.11. The molecule has 7 nitrogen and oxygen atoms in total. The Bertz CT molecular complexity index is 942. The van der Waals surface area contributed by atoms with E-state index in [1.807, 2.05) is 0 Å². The van der Waals surface area contributed by atoms with Crippen LogP contribution in [0, 0.1) is 17.2 Å². The van der Waals surface area contributed by atoms with Crippen LogP contribution in [0.5, 0.6) is 5.88 Å². The molecular formula is C15H15F3N4O3S. The van der Waals surface area contributed by atoms with Crippen molar-refractivity contribution in [2.24, 2.45) is 5.92 Å². The fourth-order valence-corrected chi connectivity index (χ4v) is 2.51. The number of alkyl halides is 3. The minimum absolute atomic E-state index is 0.0141. The van der Waals surface area contributed by atoms with Crippen molar-refractivity contribution >= 4 is 9.84 Å². The zero-order valence-electron chi connectivity index (χ0n) is 14.1. The SMILES string of the molecule is CC(C)COc1c(C#N)c(C(F)(F)F)nn1-c1ccc(S(C)(=O)=O)cn1. The molecule has 2 rings (SSSR count). The number of rotatable bonds is 5. The monoisotopic (exact) mass is 388 g/mol. The fraction of sp³-hybridized carbons (Fsp3) is 0.400.